The van der Waals surface area contributed by atoms with Gasteiger partial charge in [-0.05, 0) is 13.0 Å². The summed E-state index contributed by atoms with van der Waals surface area (Å²) in [5.74, 6) is -6.07. The fraction of sp³-hybridized carbons (Fsp3) is 0.0769. The van der Waals surface area contributed by atoms with Crippen LogP contribution in [-0.2, 0) is 0 Å². The van der Waals surface area contributed by atoms with Crippen molar-refractivity contribution >= 4 is 11.4 Å². The maximum Gasteiger partial charge on any atom is 0.186 e. The summed E-state index contributed by atoms with van der Waals surface area (Å²) in [5, 5.41) is 3.68. The molecule has 0 aliphatic carbocycles. The third-order valence-corrected chi connectivity index (χ3v) is 2.53. The minimum Gasteiger partial charge on any atom is -0.272 e. The van der Waals surface area contributed by atoms with Gasteiger partial charge in [-0.15, -0.1) is 0 Å². The zero-order valence-electron chi connectivity index (χ0n) is 10.3. The van der Waals surface area contributed by atoms with E-state index in [4.69, 9.17) is 0 Å². The van der Waals surface area contributed by atoms with Crippen LogP contribution in [0.25, 0.3) is 0 Å². The molecule has 1 heterocycles. The molecule has 1 aromatic carbocycles. The fourth-order valence-corrected chi connectivity index (χ4v) is 1.45. The van der Waals surface area contributed by atoms with Crippen LogP contribution in [0, 0.1) is 23.3 Å². The number of benzene rings is 1. The number of nitrogens with zero attached hydrogens (tertiary/aromatic N) is 2. The van der Waals surface area contributed by atoms with Crippen molar-refractivity contribution in [1.29, 1.82) is 0 Å². The molecule has 20 heavy (non-hydrogen) atoms. The quantitative estimate of drug-likeness (QED) is 0.405. The number of hydrazone groups is 1. The van der Waals surface area contributed by atoms with Crippen LogP contribution in [-0.4, -0.2) is 10.7 Å². The van der Waals surface area contributed by atoms with Crippen LogP contribution in [0.1, 0.15) is 12.5 Å². The van der Waals surface area contributed by atoms with Gasteiger partial charge in [0.25, 0.3) is 0 Å². The third kappa shape index (κ3) is 2.76. The predicted molar refractivity (Wildman–Crippen MR) is 66.3 cm³/mol. The number of anilines is 1. The summed E-state index contributed by atoms with van der Waals surface area (Å²) in [7, 11) is 0. The van der Waals surface area contributed by atoms with Gasteiger partial charge in [0.2, 0.25) is 0 Å². The van der Waals surface area contributed by atoms with Crippen molar-refractivity contribution in [1.82, 2.24) is 4.98 Å². The summed E-state index contributed by atoms with van der Waals surface area (Å²) in [6, 6.07) is 3.46. The summed E-state index contributed by atoms with van der Waals surface area (Å²) in [5.41, 5.74) is 1.95. The Morgan fingerprint density at radius 3 is 2.35 bits per heavy atom. The van der Waals surface area contributed by atoms with E-state index in [9.17, 15) is 17.6 Å². The molecule has 104 valence electrons. The van der Waals surface area contributed by atoms with Crippen molar-refractivity contribution in [3.63, 3.8) is 0 Å². The van der Waals surface area contributed by atoms with Crippen molar-refractivity contribution in [3.05, 3.63) is 59.4 Å². The average molecular weight is 283 g/mol. The molecule has 0 fully saturated rings. The molecule has 0 spiro atoms. The van der Waals surface area contributed by atoms with Gasteiger partial charge < -0.3 is 0 Å². The summed E-state index contributed by atoms with van der Waals surface area (Å²) in [6.07, 6.45) is 3.03. The standard InChI is InChI=1S/C13H9F4N3/c1-7(8-3-2-4-18-6-8)19-20-13-11(16)9(14)5-10(15)12(13)17/h2-6,20H,1H3/b19-7+. The van der Waals surface area contributed by atoms with Crippen LogP contribution in [0.5, 0.6) is 0 Å². The van der Waals surface area contributed by atoms with Crippen LogP contribution in [0.15, 0.2) is 35.7 Å². The summed E-state index contributed by atoms with van der Waals surface area (Å²) < 4.78 is 52.7. The topological polar surface area (TPSA) is 37.3 Å². The molecule has 0 saturated heterocycles. The largest absolute Gasteiger partial charge is 0.272 e. The smallest absolute Gasteiger partial charge is 0.186 e. The normalized spacial score (nSPS) is 11.6. The minimum absolute atomic E-state index is 0.132. The van der Waals surface area contributed by atoms with Gasteiger partial charge in [-0.3, -0.25) is 10.4 Å². The molecule has 0 aliphatic heterocycles. The number of halogens is 4. The molecule has 2 aromatic rings. The monoisotopic (exact) mass is 283 g/mol. The Bertz CT molecular complexity index is 630. The van der Waals surface area contributed by atoms with Crippen LogP contribution in [0.2, 0.25) is 0 Å². The second-order valence-corrected chi connectivity index (χ2v) is 3.89. The average Bonchev–Trinajstić information content (AvgIpc) is 2.46. The van der Waals surface area contributed by atoms with E-state index < -0.39 is 29.0 Å². The van der Waals surface area contributed by atoms with Crippen LogP contribution in [0.4, 0.5) is 23.2 Å². The number of aromatic nitrogens is 1. The third-order valence-electron chi connectivity index (χ3n) is 2.53. The lowest BCUT2D eigenvalue weighted by Gasteiger charge is -2.07. The molecule has 0 aliphatic rings. The molecule has 7 heteroatoms. The highest BCUT2D eigenvalue weighted by Gasteiger charge is 2.18. The first-order valence-electron chi connectivity index (χ1n) is 5.54. The highest BCUT2D eigenvalue weighted by molar-refractivity contribution is 5.98. The lowest BCUT2D eigenvalue weighted by molar-refractivity contribution is 0.458. The Hall–Kier alpha value is -2.44. The summed E-state index contributed by atoms with van der Waals surface area (Å²) in [6.45, 7) is 1.55. The van der Waals surface area contributed by atoms with E-state index in [-0.39, 0.29) is 6.07 Å². The van der Waals surface area contributed by atoms with Crippen molar-refractivity contribution in [2.45, 2.75) is 6.92 Å². The van der Waals surface area contributed by atoms with Gasteiger partial charge in [-0.1, -0.05) is 6.07 Å². The van der Waals surface area contributed by atoms with Gasteiger partial charge in [-0.25, -0.2) is 17.6 Å². The first-order chi connectivity index (χ1) is 9.50. The van der Waals surface area contributed by atoms with E-state index in [1.807, 2.05) is 5.43 Å². The molecular formula is C13H9F4N3. The van der Waals surface area contributed by atoms with Gasteiger partial charge in [0.1, 0.15) is 5.69 Å². The fourth-order valence-electron chi connectivity index (χ4n) is 1.45. The molecular weight excluding hydrogens is 274 g/mol. The Balaban J connectivity index is 2.32. The van der Waals surface area contributed by atoms with Crippen molar-refractivity contribution in [2.75, 3.05) is 5.43 Å². The molecule has 0 bridgehead atoms. The zero-order valence-corrected chi connectivity index (χ0v) is 10.3. The Labute approximate surface area is 112 Å². The Morgan fingerprint density at radius 2 is 1.80 bits per heavy atom. The minimum atomic E-state index is -1.54. The van der Waals surface area contributed by atoms with E-state index in [2.05, 4.69) is 10.1 Å². The number of hydrogen-bond donors (Lipinski definition) is 1. The number of pyridine rings is 1. The molecule has 0 amide bonds. The maximum absolute atomic E-state index is 13.4. The van der Waals surface area contributed by atoms with E-state index >= 15 is 0 Å². The second kappa shape index (κ2) is 5.68. The molecule has 1 N–H and O–H groups in total. The molecule has 3 nitrogen and oxygen atoms in total. The zero-order chi connectivity index (χ0) is 14.7. The second-order valence-electron chi connectivity index (χ2n) is 3.89. The molecule has 0 unspecified atom stereocenters. The van der Waals surface area contributed by atoms with E-state index in [0.717, 1.165) is 0 Å². The van der Waals surface area contributed by atoms with Crippen LogP contribution in [0.3, 0.4) is 0 Å². The first-order valence-corrected chi connectivity index (χ1v) is 5.54. The first kappa shape index (κ1) is 14.0. The van der Waals surface area contributed by atoms with E-state index in [1.165, 1.54) is 6.20 Å². The molecule has 2 rings (SSSR count). The van der Waals surface area contributed by atoms with Crippen molar-refractivity contribution in [2.24, 2.45) is 5.10 Å². The molecule has 0 saturated carbocycles. The van der Waals surface area contributed by atoms with Gasteiger partial charge in [-0.2, -0.15) is 5.10 Å². The summed E-state index contributed by atoms with van der Waals surface area (Å²) in [4.78, 5) is 3.85. The van der Waals surface area contributed by atoms with Crippen LogP contribution >= 0.6 is 0 Å². The predicted octanol–water partition coefficient (Wildman–Crippen LogP) is 3.47. The van der Waals surface area contributed by atoms with Gasteiger partial charge in [0, 0.05) is 24.0 Å². The Kier molecular flexibility index (Phi) is 3.97. The van der Waals surface area contributed by atoms with Gasteiger partial charge in [0.05, 0.1) is 5.71 Å². The summed E-state index contributed by atoms with van der Waals surface area (Å²) >= 11 is 0. The lowest BCUT2D eigenvalue weighted by atomic mass is 10.2. The Morgan fingerprint density at radius 1 is 1.15 bits per heavy atom. The van der Waals surface area contributed by atoms with E-state index in [1.54, 1.807) is 25.3 Å². The van der Waals surface area contributed by atoms with Crippen molar-refractivity contribution < 1.29 is 17.6 Å². The highest BCUT2D eigenvalue weighted by Crippen LogP contribution is 2.24. The molecule has 0 radical (unpaired) electrons. The highest BCUT2D eigenvalue weighted by atomic mass is 19.2. The SMILES string of the molecule is C/C(=N\Nc1c(F)c(F)cc(F)c1F)c1cccnc1. The number of hydrogen-bond acceptors (Lipinski definition) is 3. The van der Waals surface area contributed by atoms with Crippen LogP contribution < -0.4 is 5.43 Å². The number of nitrogens with one attached hydrogen (secondary N) is 1. The van der Waals surface area contributed by atoms with Gasteiger partial charge >= 0.3 is 0 Å². The molecule has 0 atom stereocenters. The maximum atomic E-state index is 13.4. The van der Waals surface area contributed by atoms with Crippen molar-refractivity contribution in [3.8, 4) is 0 Å². The molecule has 1 aromatic heterocycles. The van der Waals surface area contributed by atoms with Gasteiger partial charge in [0.15, 0.2) is 23.3 Å². The lowest BCUT2D eigenvalue weighted by Crippen LogP contribution is -2.05. The number of rotatable bonds is 3. The van der Waals surface area contributed by atoms with E-state index in [0.29, 0.717) is 11.3 Å².